The lowest BCUT2D eigenvalue weighted by Gasteiger charge is -2.59. The maximum atomic E-state index is 15.5. The molecule has 4 saturated carbocycles. The second-order valence-electron chi connectivity index (χ2n) is 10.8. The van der Waals surface area contributed by atoms with E-state index in [9.17, 15) is 14.4 Å². The molecular formula is C24H31FO4. The molecule has 0 amide bonds. The molecule has 4 fully saturated rings. The standard InChI is InChI=1S/C24H31FO4/c1-12(26)24(29-13(2)27)8-6-16-14-10-20(25)19-11-21(28)15-9-18(15)23(19,4)17(14)5-7-22(16,24)3/h11,14-18,20H,5-10H2,1-4H3/t14-,15?,16-,17+,18?,20?,22-,23+,24-/m0/s1. The Morgan fingerprint density at radius 2 is 1.76 bits per heavy atom. The van der Waals surface area contributed by atoms with Crippen molar-refractivity contribution in [2.24, 2.45) is 40.4 Å². The van der Waals surface area contributed by atoms with Crippen molar-refractivity contribution >= 4 is 17.5 Å². The number of Topliss-reactive ketones (excluding diaryl/α,β-unsaturated/α-hetero) is 1. The molecule has 9 atom stereocenters. The summed E-state index contributed by atoms with van der Waals surface area (Å²) in [6, 6.07) is 0. The summed E-state index contributed by atoms with van der Waals surface area (Å²) >= 11 is 0. The van der Waals surface area contributed by atoms with Crippen molar-refractivity contribution in [1.82, 2.24) is 0 Å². The van der Waals surface area contributed by atoms with Crippen molar-refractivity contribution in [2.45, 2.75) is 78.0 Å². The number of hydrogen-bond donors (Lipinski definition) is 0. The Morgan fingerprint density at radius 1 is 1.07 bits per heavy atom. The minimum Gasteiger partial charge on any atom is -0.451 e. The molecular weight excluding hydrogens is 371 g/mol. The molecule has 0 aromatic carbocycles. The van der Waals surface area contributed by atoms with Crippen LogP contribution in [-0.4, -0.2) is 29.3 Å². The molecule has 5 aliphatic carbocycles. The van der Waals surface area contributed by atoms with Crippen LogP contribution >= 0.6 is 0 Å². The molecule has 5 heteroatoms. The van der Waals surface area contributed by atoms with Crippen LogP contribution in [0.25, 0.3) is 0 Å². The molecule has 5 rings (SSSR count). The predicted octanol–water partition coefficient (Wildman–Crippen LogP) is 4.21. The predicted molar refractivity (Wildman–Crippen MR) is 105 cm³/mol. The second kappa shape index (κ2) is 5.79. The van der Waals surface area contributed by atoms with Gasteiger partial charge in [0.25, 0.3) is 0 Å². The van der Waals surface area contributed by atoms with E-state index in [-0.39, 0.29) is 40.7 Å². The Morgan fingerprint density at radius 3 is 2.41 bits per heavy atom. The van der Waals surface area contributed by atoms with Crippen molar-refractivity contribution in [2.75, 3.05) is 0 Å². The third-order valence-electron chi connectivity index (χ3n) is 9.88. The van der Waals surface area contributed by atoms with Crippen LogP contribution in [-0.2, 0) is 19.1 Å². The summed E-state index contributed by atoms with van der Waals surface area (Å²) in [4.78, 5) is 37.0. The molecule has 29 heavy (non-hydrogen) atoms. The summed E-state index contributed by atoms with van der Waals surface area (Å²) in [5.41, 5.74) is -1.04. The lowest BCUT2D eigenvalue weighted by atomic mass is 9.45. The zero-order valence-corrected chi connectivity index (χ0v) is 17.8. The highest BCUT2D eigenvalue weighted by molar-refractivity contribution is 5.96. The number of ether oxygens (including phenoxy) is 1. The van der Waals surface area contributed by atoms with Crippen molar-refractivity contribution in [3.8, 4) is 0 Å². The van der Waals surface area contributed by atoms with Crippen LogP contribution in [0.1, 0.15) is 66.2 Å². The van der Waals surface area contributed by atoms with Crippen LogP contribution in [0.15, 0.2) is 11.6 Å². The van der Waals surface area contributed by atoms with Crippen LogP contribution in [0.5, 0.6) is 0 Å². The molecule has 0 aromatic heterocycles. The number of fused-ring (bicyclic) bond motifs is 7. The smallest absolute Gasteiger partial charge is 0.303 e. The minimum atomic E-state index is -1.09. The highest BCUT2D eigenvalue weighted by Crippen LogP contribution is 2.72. The van der Waals surface area contributed by atoms with E-state index in [4.69, 9.17) is 4.74 Å². The third-order valence-corrected chi connectivity index (χ3v) is 9.88. The van der Waals surface area contributed by atoms with Gasteiger partial charge in [0.2, 0.25) is 0 Å². The first kappa shape index (κ1) is 19.4. The number of allylic oxidation sites excluding steroid dienone is 1. The lowest BCUT2D eigenvalue weighted by molar-refractivity contribution is -0.188. The third kappa shape index (κ3) is 2.22. The SMILES string of the molecule is CC(=O)O[C@]1(C(C)=O)CC[C@H]2[C@@H]3CC(F)C4=CC(=O)C5CC5[C@@]4(C)[C@@H]3CC[C@@]21C. The number of carbonyl (C=O) groups excluding carboxylic acids is 3. The second-order valence-corrected chi connectivity index (χ2v) is 10.8. The van der Waals surface area contributed by atoms with Gasteiger partial charge in [0.05, 0.1) is 0 Å². The molecule has 0 radical (unpaired) electrons. The van der Waals surface area contributed by atoms with Gasteiger partial charge in [0.15, 0.2) is 17.2 Å². The van der Waals surface area contributed by atoms with Gasteiger partial charge < -0.3 is 4.74 Å². The number of esters is 1. The van der Waals surface area contributed by atoms with E-state index in [0.29, 0.717) is 18.8 Å². The van der Waals surface area contributed by atoms with Gasteiger partial charge in [-0.05, 0) is 86.2 Å². The van der Waals surface area contributed by atoms with Crippen LogP contribution < -0.4 is 0 Å². The fraction of sp³-hybridized carbons (Fsp3) is 0.792. The highest BCUT2D eigenvalue weighted by atomic mass is 19.1. The number of halogens is 1. The van der Waals surface area contributed by atoms with Crippen LogP contribution in [0.2, 0.25) is 0 Å². The van der Waals surface area contributed by atoms with Gasteiger partial charge in [-0.2, -0.15) is 0 Å². The first-order valence-electron chi connectivity index (χ1n) is 11.2. The number of ketones is 2. The number of carbonyl (C=O) groups is 3. The number of hydrogen-bond acceptors (Lipinski definition) is 4. The normalized spacial score (nSPS) is 52.4. The highest BCUT2D eigenvalue weighted by Gasteiger charge is 2.71. The molecule has 0 spiro atoms. The Bertz CT molecular complexity index is 848. The summed E-state index contributed by atoms with van der Waals surface area (Å²) in [6.45, 7) is 7.19. The monoisotopic (exact) mass is 402 g/mol. The minimum absolute atomic E-state index is 0.0823. The summed E-state index contributed by atoms with van der Waals surface area (Å²) in [7, 11) is 0. The number of alkyl halides is 1. The maximum Gasteiger partial charge on any atom is 0.303 e. The van der Waals surface area contributed by atoms with Gasteiger partial charge >= 0.3 is 5.97 Å². The molecule has 0 bridgehead atoms. The van der Waals surface area contributed by atoms with Gasteiger partial charge in [-0.3, -0.25) is 14.4 Å². The molecule has 0 aromatic rings. The molecule has 0 saturated heterocycles. The zero-order valence-electron chi connectivity index (χ0n) is 17.8. The Balaban J connectivity index is 1.55. The average molecular weight is 403 g/mol. The topological polar surface area (TPSA) is 60.4 Å². The number of rotatable bonds is 2. The first-order valence-corrected chi connectivity index (χ1v) is 11.2. The van der Waals surface area contributed by atoms with E-state index in [2.05, 4.69) is 13.8 Å². The van der Waals surface area contributed by atoms with Crippen LogP contribution in [0, 0.1) is 40.4 Å². The van der Waals surface area contributed by atoms with E-state index in [1.165, 1.54) is 13.8 Å². The van der Waals surface area contributed by atoms with E-state index in [1.807, 2.05) is 0 Å². The largest absolute Gasteiger partial charge is 0.451 e. The van der Waals surface area contributed by atoms with Crippen molar-refractivity contribution in [3.63, 3.8) is 0 Å². The fourth-order valence-electron chi connectivity index (χ4n) is 8.51. The summed E-state index contributed by atoms with van der Waals surface area (Å²) in [5, 5.41) is 0. The van der Waals surface area contributed by atoms with Gasteiger partial charge in [0.1, 0.15) is 6.17 Å². The Kier molecular flexibility index (Phi) is 3.88. The molecule has 3 unspecified atom stereocenters. The average Bonchev–Trinajstić information content (AvgIpc) is 3.39. The van der Waals surface area contributed by atoms with E-state index in [0.717, 1.165) is 31.3 Å². The molecule has 158 valence electrons. The zero-order chi connectivity index (χ0) is 20.9. The van der Waals surface area contributed by atoms with E-state index in [1.54, 1.807) is 6.08 Å². The van der Waals surface area contributed by atoms with Crippen molar-refractivity contribution in [3.05, 3.63) is 11.6 Å². The molecule has 0 N–H and O–H groups in total. The molecule has 4 nitrogen and oxygen atoms in total. The van der Waals surface area contributed by atoms with Gasteiger partial charge in [-0.15, -0.1) is 0 Å². The van der Waals surface area contributed by atoms with Gasteiger partial charge in [-0.1, -0.05) is 13.8 Å². The van der Waals surface area contributed by atoms with Crippen LogP contribution in [0.3, 0.4) is 0 Å². The maximum absolute atomic E-state index is 15.5. The van der Waals surface area contributed by atoms with Gasteiger partial charge in [0, 0.05) is 18.3 Å². The Labute approximate surface area is 171 Å². The quantitative estimate of drug-likeness (QED) is 0.649. The van der Waals surface area contributed by atoms with Crippen molar-refractivity contribution in [1.29, 1.82) is 0 Å². The summed E-state index contributed by atoms with van der Waals surface area (Å²) < 4.78 is 21.2. The summed E-state index contributed by atoms with van der Waals surface area (Å²) in [5.74, 6) is 0.647. The van der Waals surface area contributed by atoms with E-state index >= 15 is 4.39 Å². The molecule has 5 aliphatic rings. The fourth-order valence-corrected chi connectivity index (χ4v) is 8.51. The van der Waals surface area contributed by atoms with Crippen molar-refractivity contribution < 1.29 is 23.5 Å². The molecule has 0 aliphatic heterocycles. The van der Waals surface area contributed by atoms with E-state index < -0.39 is 23.2 Å². The molecule has 0 heterocycles. The first-order chi connectivity index (χ1) is 13.6. The van der Waals surface area contributed by atoms with Crippen LogP contribution in [0.4, 0.5) is 4.39 Å². The van der Waals surface area contributed by atoms with Gasteiger partial charge in [-0.25, -0.2) is 4.39 Å². The summed E-state index contributed by atoms with van der Waals surface area (Å²) in [6.07, 6.45) is 4.88. The Hall–Kier alpha value is -1.52. The lowest BCUT2D eigenvalue weighted by Crippen LogP contribution is -2.60.